The molecule has 0 radical (unpaired) electrons. The minimum atomic E-state index is -0.0575. The van der Waals surface area contributed by atoms with Crippen molar-refractivity contribution in [3.8, 4) is 11.4 Å². The molecule has 21 heavy (non-hydrogen) atoms. The minimum Gasteiger partial charge on any atom is -0.370 e. The van der Waals surface area contributed by atoms with Crippen molar-refractivity contribution in [1.82, 2.24) is 9.97 Å². The molecule has 1 N–H and O–H groups in total. The Labute approximate surface area is 135 Å². The molecule has 112 valence electrons. The van der Waals surface area contributed by atoms with E-state index in [1.165, 1.54) is 0 Å². The monoisotopic (exact) mass is 323 g/mol. The van der Waals surface area contributed by atoms with Crippen LogP contribution in [0.4, 0.5) is 5.82 Å². The van der Waals surface area contributed by atoms with Gasteiger partial charge in [0.1, 0.15) is 5.82 Å². The van der Waals surface area contributed by atoms with Crippen LogP contribution in [0.5, 0.6) is 0 Å². The number of anilines is 1. The van der Waals surface area contributed by atoms with Crippen molar-refractivity contribution in [3.05, 3.63) is 40.0 Å². The Morgan fingerprint density at radius 3 is 2.33 bits per heavy atom. The molecular weight excluding hydrogens is 305 g/mol. The average Bonchev–Trinajstić information content (AvgIpc) is 2.41. The number of hydrogen-bond donors (Lipinski definition) is 1. The summed E-state index contributed by atoms with van der Waals surface area (Å²) in [6.07, 6.45) is 0. The summed E-state index contributed by atoms with van der Waals surface area (Å²) in [5.41, 5.74) is 1.78. The summed E-state index contributed by atoms with van der Waals surface area (Å²) in [7, 11) is 0. The smallest absolute Gasteiger partial charge is 0.161 e. The van der Waals surface area contributed by atoms with Crippen molar-refractivity contribution in [3.63, 3.8) is 0 Å². The quantitative estimate of drug-likeness (QED) is 0.845. The van der Waals surface area contributed by atoms with Gasteiger partial charge in [0.2, 0.25) is 0 Å². The zero-order valence-electron chi connectivity index (χ0n) is 12.7. The third-order valence-electron chi connectivity index (χ3n) is 3.03. The number of benzene rings is 1. The molecule has 1 aromatic carbocycles. The van der Waals surface area contributed by atoms with Crippen LogP contribution < -0.4 is 5.32 Å². The van der Waals surface area contributed by atoms with Crippen LogP contribution >= 0.6 is 23.2 Å². The molecule has 0 bridgehead atoms. The first-order valence-corrected chi connectivity index (χ1v) is 7.65. The van der Waals surface area contributed by atoms with Crippen molar-refractivity contribution in [2.75, 3.05) is 11.9 Å². The number of nitrogens with one attached hydrogen (secondary N) is 1. The average molecular weight is 324 g/mol. The first-order chi connectivity index (χ1) is 9.81. The number of rotatable bonds is 3. The fourth-order valence-corrected chi connectivity index (χ4v) is 2.17. The summed E-state index contributed by atoms with van der Waals surface area (Å²) in [5.74, 6) is 1.47. The van der Waals surface area contributed by atoms with E-state index in [9.17, 15) is 0 Å². The highest BCUT2D eigenvalue weighted by molar-refractivity contribution is 6.42. The minimum absolute atomic E-state index is 0.0575. The van der Waals surface area contributed by atoms with E-state index in [0.717, 1.165) is 23.6 Å². The van der Waals surface area contributed by atoms with Crippen LogP contribution in [0.1, 0.15) is 33.4 Å². The van der Waals surface area contributed by atoms with E-state index >= 15 is 0 Å². The lowest BCUT2D eigenvalue weighted by Gasteiger charge is -2.19. The molecule has 0 unspecified atom stereocenters. The zero-order chi connectivity index (χ0) is 15.6. The lowest BCUT2D eigenvalue weighted by Crippen LogP contribution is -2.16. The molecule has 2 rings (SSSR count). The highest BCUT2D eigenvalue weighted by Gasteiger charge is 2.18. The van der Waals surface area contributed by atoms with Crippen LogP contribution in [-0.4, -0.2) is 16.5 Å². The van der Waals surface area contributed by atoms with Gasteiger partial charge in [0.25, 0.3) is 0 Å². The van der Waals surface area contributed by atoms with E-state index < -0.39 is 0 Å². The Morgan fingerprint density at radius 2 is 1.76 bits per heavy atom. The second-order valence-electron chi connectivity index (χ2n) is 5.87. The van der Waals surface area contributed by atoms with E-state index in [4.69, 9.17) is 23.2 Å². The molecule has 5 heteroatoms. The Morgan fingerprint density at radius 1 is 1.05 bits per heavy atom. The predicted octanol–water partition coefficient (Wildman–Crippen LogP) is 5.18. The van der Waals surface area contributed by atoms with Crippen LogP contribution in [-0.2, 0) is 5.41 Å². The Bertz CT molecular complexity index is 648. The second-order valence-corrected chi connectivity index (χ2v) is 6.69. The molecule has 0 saturated heterocycles. The predicted molar refractivity (Wildman–Crippen MR) is 90.4 cm³/mol. The molecule has 0 atom stereocenters. The van der Waals surface area contributed by atoms with Gasteiger partial charge in [-0.3, -0.25) is 0 Å². The fourth-order valence-electron chi connectivity index (χ4n) is 1.87. The van der Waals surface area contributed by atoms with Gasteiger partial charge >= 0.3 is 0 Å². The van der Waals surface area contributed by atoms with Gasteiger partial charge in [-0.05, 0) is 25.1 Å². The Balaban J connectivity index is 2.56. The van der Waals surface area contributed by atoms with Gasteiger partial charge in [-0.25, -0.2) is 9.97 Å². The third-order valence-corrected chi connectivity index (χ3v) is 3.77. The van der Waals surface area contributed by atoms with Gasteiger partial charge in [-0.1, -0.05) is 44.0 Å². The summed E-state index contributed by atoms with van der Waals surface area (Å²) in [6, 6.07) is 7.43. The summed E-state index contributed by atoms with van der Waals surface area (Å²) in [4.78, 5) is 9.23. The van der Waals surface area contributed by atoms with E-state index in [1.807, 2.05) is 19.1 Å². The van der Waals surface area contributed by atoms with Crippen LogP contribution in [0, 0.1) is 0 Å². The number of hydrogen-bond acceptors (Lipinski definition) is 3. The fraction of sp³-hybridized carbons (Fsp3) is 0.375. The number of aromatic nitrogens is 2. The molecule has 0 spiro atoms. The van der Waals surface area contributed by atoms with E-state index in [0.29, 0.717) is 15.9 Å². The Kier molecular flexibility index (Phi) is 4.74. The first kappa shape index (κ1) is 16.1. The standard InChI is InChI=1S/C16H19Cl2N3/c1-5-19-14-9-13(16(2,3)4)20-15(21-14)10-6-7-11(17)12(18)8-10/h6-9H,5H2,1-4H3,(H,19,20,21). The van der Waals surface area contributed by atoms with Gasteiger partial charge in [0.05, 0.1) is 15.7 Å². The van der Waals surface area contributed by atoms with Crippen molar-refractivity contribution in [1.29, 1.82) is 0 Å². The first-order valence-electron chi connectivity index (χ1n) is 6.90. The lowest BCUT2D eigenvalue weighted by molar-refractivity contribution is 0.568. The SMILES string of the molecule is CCNc1cc(C(C)(C)C)nc(-c2ccc(Cl)c(Cl)c2)n1. The molecule has 0 saturated carbocycles. The summed E-state index contributed by atoms with van der Waals surface area (Å²) < 4.78 is 0. The van der Waals surface area contributed by atoms with Crippen LogP contribution in [0.3, 0.4) is 0 Å². The van der Waals surface area contributed by atoms with E-state index in [1.54, 1.807) is 12.1 Å². The summed E-state index contributed by atoms with van der Waals surface area (Å²) in [5, 5.41) is 4.28. The summed E-state index contributed by atoms with van der Waals surface area (Å²) >= 11 is 12.1. The van der Waals surface area contributed by atoms with Gasteiger partial charge < -0.3 is 5.32 Å². The molecular formula is C16H19Cl2N3. The van der Waals surface area contributed by atoms with Crippen molar-refractivity contribution in [2.45, 2.75) is 33.1 Å². The molecule has 0 aliphatic rings. The largest absolute Gasteiger partial charge is 0.370 e. The van der Waals surface area contributed by atoms with Crippen molar-refractivity contribution in [2.24, 2.45) is 0 Å². The normalized spacial score (nSPS) is 11.5. The van der Waals surface area contributed by atoms with Crippen LogP contribution in [0.25, 0.3) is 11.4 Å². The maximum absolute atomic E-state index is 6.09. The van der Waals surface area contributed by atoms with E-state index in [2.05, 4.69) is 36.1 Å². The molecule has 0 fully saturated rings. The van der Waals surface area contributed by atoms with Crippen molar-refractivity contribution >= 4 is 29.0 Å². The van der Waals surface area contributed by atoms with Gasteiger partial charge in [-0.2, -0.15) is 0 Å². The molecule has 0 aliphatic heterocycles. The maximum atomic E-state index is 6.09. The van der Waals surface area contributed by atoms with Crippen LogP contribution in [0.15, 0.2) is 24.3 Å². The molecule has 1 aromatic heterocycles. The highest BCUT2D eigenvalue weighted by Crippen LogP contribution is 2.29. The molecule has 0 amide bonds. The van der Waals surface area contributed by atoms with Gasteiger partial charge in [-0.15, -0.1) is 0 Å². The van der Waals surface area contributed by atoms with Gasteiger partial charge in [0, 0.05) is 23.6 Å². The Hall–Kier alpha value is -1.32. The molecule has 3 nitrogen and oxygen atoms in total. The van der Waals surface area contributed by atoms with Crippen molar-refractivity contribution < 1.29 is 0 Å². The third kappa shape index (κ3) is 3.86. The number of nitrogens with zero attached hydrogens (tertiary/aromatic N) is 2. The molecule has 2 aromatic rings. The molecule has 0 aliphatic carbocycles. The number of halogens is 2. The summed E-state index contributed by atoms with van der Waals surface area (Å²) in [6.45, 7) is 9.23. The van der Waals surface area contributed by atoms with E-state index in [-0.39, 0.29) is 5.41 Å². The topological polar surface area (TPSA) is 37.8 Å². The maximum Gasteiger partial charge on any atom is 0.161 e. The molecule has 1 heterocycles. The lowest BCUT2D eigenvalue weighted by atomic mass is 9.91. The zero-order valence-corrected chi connectivity index (χ0v) is 14.2. The highest BCUT2D eigenvalue weighted by atomic mass is 35.5. The van der Waals surface area contributed by atoms with Crippen LogP contribution in [0.2, 0.25) is 10.0 Å². The second kappa shape index (κ2) is 6.20. The van der Waals surface area contributed by atoms with Gasteiger partial charge in [0.15, 0.2) is 5.82 Å².